The summed E-state index contributed by atoms with van der Waals surface area (Å²) >= 11 is 0. The van der Waals surface area contributed by atoms with E-state index in [-0.39, 0.29) is 0 Å². The van der Waals surface area contributed by atoms with Crippen molar-refractivity contribution in [3.63, 3.8) is 0 Å². The van der Waals surface area contributed by atoms with Crippen LogP contribution in [0.2, 0.25) is 0 Å². The van der Waals surface area contributed by atoms with Gasteiger partial charge in [-0.15, -0.1) is 0 Å². The first kappa shape index (κ1) is 11.3. The van der Waals surface area contributed by atoms with Gasteiger partial charge in [-0.3, -0.25) is 4.98 Å². The summed E-state index contributed by atoms with van der Waals surface area (Å²) in [5, 5.41) is 5.01. The number of pyridine rings is 1. The van der Waals surface area contributed by atoms with Crippen LogP contribution in [0.5, 0.6) is 0 Å². The smallest absolute Gasteiger partial charge is 0.0705 e. The van der Waals surface area contributed by atoms with E-state index in [4.69, 9.17) is 4.98 Å². The normalized spacial score (nSPS) is 37.3. The van der Waals surface area contributed by atoms with Crippen molar-refractivity contribution in [2.75, 3.05) is 0 Å². The van der Waals surface area contributed by atoms with Crippen molar-refractivity contribution >= 4 is 10.9 Å². The molecule has 102 valence electrons. The molecule has 2 nitrogen and oxygen atoms in total. The van der Waals surface area contributed by atoms with Crippen LogP contribution in [0.3, 0.4) is 0 Å². The van der Waals surface area contributed by atoms with Crippen LogP contribution in [-0.2, 0) is 6.54 Å². The molecular formula is C18H20N2. The standard InChI is InChI=1S/C18H20N2/c1-2-4-15-11(3-1)7-8-14(20-15)10-19-18-16-12-5-6-13(9-12)17(16)18/h1-4,7-8,12-13,16-19H,5-6,9-10H2. The lowest BCUT2D eigenvalue weighted by molar-refractivity contribution is 0.456. The van der Waals surface area contributed by atoms with Crippen molar-refractivity contribution in [2.24, 2.45) is 23.7 Å². The Morgan fingerprint density at radius 2 is 1.80 bits per heavy atom. The molecule has 0 saturated heterocycles. The molecule has 0 spiro atoms. The zero-order chi connectivity index (χ0) is 13.1. The Hall–Kier alpha value is -1.41. The zero-order valence-electron chi connectivity index (χ0n) is 11.6. The van der Waals surface area contributed by atoms with Gasteiger partial charge in [0.2, 0.25) is 0 Å². The van der Waals surface area contributed by atoms with E-state index in [9.17, 15) is 0 Å². The summed E-state index contributed by atoms with van der Waals surface area (Å²) in [5.74, 6) is 4.11. The Labute approximate surface area is 119 Å². The fourth-order valence-electron chi connectivity index (χ4n) is 5.03. The number of rotatable bonds is 3. The summed E-state index contributed by atoms with van der Waals surface area (Å²) in [6, 6.07) is 13.5. The molecule has 0 aliphatic heterocycles. The number of fused-ring (bicyclic) bond motifs is 6. The number of benzene rings is 1. The van der Waals surface area contributed by atoms with Crippen molar-refractivity contribution in [3.8, 4) is 0 Å². The molecule has 3 aliphatic carbocycles. The maximum atomic E-state index is 4.76. The lowest BCUT2D eigenvalue weighted by Gasteiger charge is -2.10. The third-order valence-electron chi connectivity index (χ3n) is 5.91. The van der Waals surface area contributed by atoms with Gasteiger partial charge in [-0.05, 0) is 55.1 Å². The maximum Gasteiger partial charge on any atom is 0.0705 e. The quantitative estimate of drug-likeness (QED) is 0.919. The van der Waals surface area contributed by atoms with Gasteiger partial charge >= 0.3 is 0 Å². The number of para-hydroxylation sites is 1. The SMILES string of the molecule is c1ccc2nc(CNC3C4C5CCC(C5)C34)ccc2c1. The third-order valence-corrected chi connectivity index (χ3v) is 5.91. The average Bonchev–Trinajstić information content (AvgIpc) is 2.88. The summed E-state index contributed by atoms with van der Waals surface area (Å²) in [6.07, 6.45) is 4.53. The molecule has 1 aromatic heterocycles. The molecule has 0 amide bonds. The van der Waals surface area contributed by atoms with Crippen LogP contribution >= 0.6 is 0 Å². The first-order chi connectivity index (χ1) is 9.90. The van der Waals surface area contributed by atoms with Gasteiger partial charge in [-0.2, -0.15) is 0 Å². The molecule has 1 N–H and O–H groups in total. The lowest BCUT2D eigenvalue weighted by atomic mass is 10.0. The van der Waals surface area contributed by atoms with Crippen LogP contribution in [0.15, 0.2) is 36.4 Å². The van der Waals surface area contributed by atoms with Gasteiger partial charge in [-0.1, -0.05) is 24.3 Å². The molecule has 2 bridgehead atoms. The Kier molecular flexibility index (Phi) is 2.28. The highest BCUT2D eigenvalue weighted by atomic mass is 15.0. The average molecular weight is 264 g/mol. The Morgan fingerprint density at radius 1 is 1.00 bits per heavy atom. The van der Waals surface area contributed by atoms with E-state index in [1.807, 2.05) is 0 Å². The fourth-order valence-corrected chi connectivity index (χ4v) is 5.03. The maximum absolute atomic E-state index is 4.76. The van der Waals surface area contributed by atoms with Gasteiger partial charge in [-0.25, -0.2) is 0 Å². The van der Waals surface area contributed by atoms with Crippen molar-refractivity contribution in [1.29, 1.82) is 0 Å². The molecule has 4 unspecified atom stereocenters. The number of hydrogen-bond acceptors (Lipinski definition) is 2. The molecule has 4 atom stereocenters. The van der Waals surface area contributed by atoms with E-state index in [1.54, 1.807) is 0 Å². The van der Waals surface area contributed by atoms with Gasteiger partial charge in [0.25, 0.3) is 0 Å². The molecule has 3 saturated carbocycles. The van der Waals surface area contributed by atoms with Crippen LogP contribution in [0.4, 0.5) is 0 Å². The predicted molar refractivity (Wildman–Crippen MR) is 80.2 cm³/mol. The van der Waals surface area contributed by atoms with E-state index in [0.717, 1.165) is 41.8 Å². The molecule has 0 radical (unpaired) electrons. The van der Waals surface area contributed by atoms with E-state index < -0.39 is 0 Å². The van der Waals surface area contributed by atoms with Gasteiger partial charge in [0.05, 0.1) is 11.2 Å². The van der Waals surface area contributed by atoms with E-state index in [0.29, 0.717) is 0 Å². The Balaban J connectivity index is 1.30. The minimum Gasteiger partial charge on any atom is -0.308 e. The molecule has 2 heteroatoms. The summed E-state index contributed by atoms with van der Waals surface area (Å²) in [5.41, 5.74) is 2.30. The number of aromatic nitrogens is 1. The second-order valence-corrected chi connectivity index (χ2v) is 6.89. The number of nitrogens with one attached hydrogen (secondary N) is 1. The monoisotopic (exact) mass is 264 g/mol. The second-order valence-electron chi connectivity index (χ2n) is 6.89. The molecule has 20 heavy (non-hydrogen) atoms. The molecule has 2 aromatic rings. The first-order valence-electron chi connectivity index (χ1n) is 7.98. The summed E-state index contributed by atoms with van der Waals surface area (Å²) in [7, 11) is 0. The summed E-state index contributed by atoms with van der Waals surface area (Å²) in [6.45, 7) is 0.932. The van der Waals surface area contributed by atoms with E-state index >= 15 is 0 Å². The molecule has 3 fully saturated rings. The largest absolute Gasteiger partial charge is 0.308 e. The molecular weight excluding hydrogens is 244 g/mol. The van der Waals surface area contributed by atoms with Gasteiger partial charge in [0, 0.05) is 18.0 Å². The van der Waals surface area contributed by atoms with Crippen molar-refractivity contribution < 1.29 is 0 Å². The predicted octanol–water partition coefficient (Wildman–Crippen LogP) is 3.37. The minimum atomic E-state index is 0.800. The fraction of sp³-hybridized carbons (Fsp3) is 0.500. The molecule has 1 aromatic carbocycles. The van der Waals surface area contributed by atoms with Crippen molar-refractivity contribution in [2.45, 2.75) is 31.8 Å². The van der Waals surface area contributed by atoms with Crippen LogP contribution in [0, 0.1) is 23.7 Å². The first-order valence-corrected chi connectivity index (χ1v) is 7.98. The molecule has 1 heterocycles. The van der Waals surface area contributed by atoms with Crippen molar-refractivity contribution in [3.05, 3.63) is 42.1 Å². The van der Waals surface area contributed by atoms with Crippen LogP contribution in [0.25, 0.3) is 10.9 Å². The van der Waals surface area contributed by atoms with Gasteiger partial charge in [0.15, 0.2) is 0 Å². The van der Waals surface area contributed by atoms with Crippen molar-refractivity contribution in [1.82, 2.24) is 10.3 Å². The number of hydrogen-bond donors (Lipinski definition) is 1. The van der Waals surface area contributed by atoms with Gasteiger partial charge in [0.1, 0.15) is 0 Å². The molecule has 5 rings (SSSR count). The third kappa shape index (κ3) is 1.58. The second kappa shape index (κ2) is 4.05. The highest BCUT2D eigenvalue weighted by Gasteiger charge is 2.64. The zero-order valence-corrected chi connectivity index (χ0v) is 11.6. The summed E-state index contributed by atoms with van der Waals surface area (Å²) in [4.78, 5) is 4.76. The Bertz CT molecular complexity index is 649. The van der Waals surface area contributed by atoms with Crippen LogP contribution in [-0.4, -0.2) is 11.0 Å². The van der Waals surface area contributed by atoms with E-state index in [1.165, 1.54) is 30.3 Å². The summed E-state index contributed by atoms with van der Waals surface area (Å²) < 4.78 is 0. The highest BCUT2D eigenvalue weighted by Crippen LogP contribution is 2.65. The van der Waals surface area contributed by atoms with Crippen LogP contribution in [0.1, 0.15) is 25.0 Å². The Morgan fingerprint density at radius 3 is 2.65 bits per heavy atom. The molecule has 3 aliphatic rings. The van der Waals surface area contributed by atoms with E-state index in [2.05, 4.69) is 41.7 Å². The minimum absolute atomic E-state index is 0.800. The lowest BCUT2D eigenvalue weighted by Crippen LogP contribution is -2.22. The number of nitrogens with zero attached hydrogens (tertiary/aromatic N) is 1. The van der Waals surface area contributed by atoms with Gasteiger partial charge < -0.3 is 5.32 Å². The highest BCUT2D eigenvalue weighted by molar-refractivity contribution is 5.78. The topological polar surface area (TPSA) is 24.9 Å². The van der Waals surface area contributed by atoms with Crippen LogP contribution < -0.4 is 5.32 Å².